The molecular weight excluding hydrogens is 208 g/mol. The number of ether oxygens (including phenoxy) is 1. The molecule has 3 nitrogen and oxygen atoms in total. The summed E-state index contributed by atoms with van der Waals surface area (Å²) in [6.45, 7) is 13.0. The Kier molecular flexibility index (Phi) is 4.53. The Labute approximate surface area is 92.5 Å². The Bertz CT molecular complexity index is 293. The number of esters is 1. The van der Waals surface area contributed by atoms with Gasteiger partial charge < -0.3 is 9.84 Å². The van der Waals surface area contributed by atoms with Crippen LogP contribution in [0.5, 0.6) is 0 Å². The highest BCUT2D eigenvalue weighted by molar-refractivity contribution is 6.83. The van der Waals surface area contributed by atoms with Crippen LogP contribution in [0.15, 0.2) is 17.5 Å². The highest BCUT2D eigenvalue weighted by atomic mass is 28.3. The lowest BCUT2D eigenvalue weighted by Gasteiger charge is -2.30. The zero-order valence-corrected chi connectivity index (χ0v) is 11.2. The fourth-order valence-electron chi connectivity index (χ4n) is 1.54. The van der Waals surface area contributed by atoms with Crippen molar-refractivity contribution in [3.63, 3.8) is 0 Å². The van der Waals surface area contributed by atoms with E-state index < -0.39 is 19.6 Å². The molecule has 0 spiro atoms. The summed E-state index contributed by atoms with van der Waals surface area (Å²) in [6, 6.07) is 0. The van der Waals surface area contributed by atoms with Crippen LogP contribution < -0.4 is 0 Å². The third-order valence-electron chi connectivity index (χ3n) is 2.09. The van der Waals surface area contributed by atoms with E-state index in [-0.39, 0.29) is 6.61 Å². The van der Waals surface area contributed by atoms with Gasteiger partial charge in [-0.05, 0) is 19.0 Å². The van der Waals surface area contributed by atoms with Gasteiger partial charge in [0.15, 0.2) is 5.60 Å². The first-order valence-corrected chi connectivity index (χ1v) is 8.48. The van der Waals surface area contributed by atoms with Crippen LogP contribution in [0.2, 0.25) is 19.6 Å². The summed E-state index contributed by atoms with van der Waals surface area (Å²) in [5.41, 5.74) is 1.10. The van der Waals surface area contributed by atoms with E-state index in [0.29, 0.717) is 5.20 Å². The molecule has 0 heterocycles. The molecule has 0 aliphatic carbocycles. The van der Waals surface area contributed by atoms with E-state index in [2.05, 4.69) is 12.3 Å². The molecule has 0 aromatic carbocycles. The van der Waals surface area contributed by atoms with Crippen molar-refractivity contribution < 1.29 is 14.6 Å². The Morgan fingerprint density at radius 1 is 1.53 bits per heavy atom. The molecule has 0 bridgehead atoms. The highest BCUT2D eigenvalue weighted by Gasteiger charge is 2.42. The molecule has 0 aliphatic heterocycles. The third kappa shape index (κ3) is 3.34. The zero-order chi connectivity index (χ0) is 12.3. The van der Waals surface area contributed by atoms with Gasteiger partial charge in [0, 0.05) is 0 Å². The van der Waals surface area contributed by atoms with Crippen LogP contribution in [0.1, 0.15) is 13.8 Å². The van der Waals surface area contributed by atoms with Gasteiger partial charge in [-0.2, -0.15) is 0 Å². The van der Waals surface area contributed by atoms with Gasteiger partial charge in [-0.25, -0.2) is 4.79 Å². The average molecular weight is 228 g/mol. The summed E-state index contributed by atoms with van der Waals surface area (Å²) in [7, 11) is -1.82. The van der Waals surface area contributed by atoms with Gasteiger partial charge in [0.05, 0.1) is 14.7 Å². The Morgan fingerprint density at radius 3 is 2.27 bits per heavy atom. The second-order valence-corrected chi connectivity index (χ2v) is 9.59. The Morgan fingerprint density at radius 2 is 2.00 bits per heavy atom. The number of rotatable bonds is 4. The zero-order valence-electron chi connectivity index (χ0n) is 10.2. The van der Waals surface area contributed by atoms with E-state index in [9.17, 15) is 9.90 Å². The number of hydrogen-bond donors (Lipinski definition) is 1. The largest absolute Gasteiger partial charge is 0.464 e. The number of aliphatic hydroxyl groups is 1. The summed E-state index contributed by atoms with van der Waals surface area (Å²) in [6.07, 6.45) is 0. The van der Waals surface area contributed by atoms with E-state index in [1.165, 1.54) is 6.92 Å². The number of carbonyl (C=O) groups excluding carboxylic acids is 1. The van der Waals surface area contributed by atoms with Gasteiger partial charge in [-0.3, -0.25) is 0 Å². The lowest BCUT2D eigenvalue weighted by atomic mass is 10.1. The minimum absolute atomic E-state index is 0.255. The molecule has 0 aromatic rings. The molecule has 0 saturated heterocycles. The van der Waals surface area contributed by atoms with Crippen molar-refractivity contribution in [2.24, 2.45) is 0 Å². The first-order valence-electron chi connectivity index (χ1n) is 4.98. The summed E-state index contributed by atoms with van der Waals surface area (Å²) >= 11 is 0. The van der Waals surface area contributed by atoms with Crippen molar-refractivity contribution in [2.45, 2.75) is 39.1 Å². The van der Waals surface area contributed by atoms with Crippen molar-refractivity contribution in [2.75, 3.05) is 6.61 Å². The van der Waals surface area contributed by atoms with Crippen molar-refractivity contribution in [3.8, 4) is 0 Å². The summed E-state index contributed by atoms with van der Waals surface area (Å²) in [5.74, 6) is -0.626. The van der Waals surface area contributed by atoms with Crippen molar-refractivity contribution in [3.05, 3.63) is 17.5 Å². The molecule has 15 heavy (non-hydrogen) atoms. The molecular formula is C11H20O3Si. The predicted octanol–water partition coefficient (Wildman–Crippen LogP) is 1.89. The van der Waals surface area contributed by atoms with E-state index in [4.69, 9.17) is 4.74 Å². The van der Waals surface area contributed by atoms with Crippen LogP contribution >= 0.6 is 0 Å². The molecule has 86 valence electrons. The molecule has 4 heteroatoms. The number of hydrogen-bond acceptors (Lipinski definition) is 3. The van der Waals surface area contributed by atoms with Crippen LogP contribution in [-0.4, -0.2) is 31.4 Å². The summed E-state index contributed by atoms with van der Waals surface area (Å²) < 4.78 is 4.83. The second kappa shape index (κ2) is 4.79. The van der Waals surface area contributed by atoms with Gasteiger partial charge in [-0.1, -0.05) is 26.2 Å². The van der Waals surface area contributed by atoms with Crippen molar-refractivity contribution in [1.29, 1.82) is 0 Å². The van der Waals surface area contributed by atoms with Gasteiger partial charge in [0.25, 0.3) is 0 Å². The molecule has 1 unspecified atom stereocenters. The molecule has 1 atom stereocenters. The monoisotopic (exact) mass is 228 g/mol. The van der Waals surface area contributed by atoms with Crippen LogP contribution in [0.3, 0.4) is 0 Å². The third-order valence-corrected chi connectivity index (χ3v) is 4.25. The molecule has 0 fully saturated rings. The van der Waals surface area contributed by atoms with Gasteiger partial charge in [0.1, 0.15) is 0 Å². The molecule has 0 radical (unpaired) electrons. The van der Waals surface area contributed by atoms with Crippen LogP contribution in [0.25, 0.3) is 0 Å². The van der Waals surface area contributed by atoms with E-state index in [1.807, 2.05) is 19.6 Å². The van der Waals surface area contributed by atoms with Crippen molar-refractivity contribution in [1.82, 2.24) is 0 Å². The van der Waals surface area contributed by atoms with E-state index in [1.54, 1.807) is 6.92 Å². The molecule has 0 aliphatic rings. The summed E-state index contributed by atoms with van der Waals surface area (Å²) in [4.78, 5) is 11.6. The lowest BCUT2D eigenvalue weighted by molar-refractivity contribution is -0.158. The van der Waals surface area contributed by atoms with Crippen LogP contribution in [-0.2, 0) is 9.53 Å². The minimum Gasteiger partial charge on any atom is -0.464 e. The molecule has 0 rings (SSSR count). The Balaban J connectivity index is 5.18. The minimum atomic E-state index is -1.82. The maximum absolute atomic E-state index is 11.6. The lowest BCUT2D eigenvalue weighted by Crippen LogP contribution is -2.47. The smallest absolute Gasteiger partial charge is 0.342 e. The maximum Gasteiger partial charge on any atom is 0.342 e. The SMILES string of the molecule is C=C=C(C(C)(O)C(=O)OCC)[Si](C)(C)C. The highest BCUT2D eigenvalue weighted by Crippen LogP contribution is 2.26. The second-order valence-electron chi connectivity index (χ2n) is 4.59. The van der Waals surface area contributed by atoms with Gasteiger partial charge >= 0.3 is 5.97 Å². The van der Waals surface area contributed by atoms with Crippen LogP contribution in [0.4, 0.5) is 0 Å². The van der Waals surface area contributed by atoms with E-state index >= 15 is 0 Å². The molecule has 1 N–H and O–H groups in total. The molecule has 0 saturated carbocycles. The maximum atomic E-state index is 11.6. The molecule has 0 amide bonds. The van der Waals surface area contributed by atoms with Gasteiger partial charge in [0.2, 0.25) is 0 Å². The van der Waals surface area contributed by atoms with Crippen molar-refractivity contribution >= 4 is 14.0 Å². The Hall–Kier alpha value is -0.833. The molecule has 0 aromatic heterocycles. The normalized spacial score (nSPS) is 15.1. The van der Waals surface area contributed by atoms with Crippen LogP contribution in [0, 0.1) is 0 Å². The first kappa shape index (κ1) is 14.2. The quantitative estimate of drug-likeness (QED) is 0.454. The topological polar surface area (TPSA) is 46.5 Å². The van der Waals surface area contributed by atoms with E-state index in [0.717, 1.165) is 0 Å². The fraction of sp³-hybridized carbons (Fsp3) is 0.636. The standard InChI is InChI=1S/C11H20O3Si/c1-7-9(15(4,5)6)11(3,13)10(12)14-8-2/h13H,1,8H2,2-6H3. The average Bonchev–Trinajstić information content (AvgIpc) is 2.02. The number of carbonyl (C=O) groups is 1. The van der Waals surface area contributed by atoms with Gasteiger partial charge in [-0.15, -0.1) is 5.73 Å². The fourth-order valence-corrected chi connectivity index (χ4v) is 3.63. The summed E-state index contributed by atoms with van der Waals surface area (Å²) in [5, 5.41) is 10.7. The first-order chi connectivity index (χ1) is 6.67. The predicted molar refractivity (Wildman–Crippen MR) is 63.3 cm³/mol.